The number of hydrogen-bond acceptors (Lipinski definition) is 2. The second-order valence-electron chi connectivity index (χ2n) is 3.04. The van der Waals surface area contributed by atoms with Crippen LogP contribution < -0.4 is 0 Å². The van der Waals surface area contributed by atoms with Crippen molar-refractivity contribution in [1.29, 1.82) is 0 Å². The summed E-state index contributed by atoms with van der Waals surface area (Å²) in [6.45, 7) is 8.13. The van der Waals surface area contributed by atoms with Crippen LogP contribution in [0.15, 0.2) is 0 Å². The Kier molecular flexibility index (Phi) is 1.44. The first kappa shape index (κ1) is 5.69. The zero-order valence-corrected chi connectivity index (χ0v) is 5.84. The molecule has 0 spiro atoms. The topological polar surface area (TPSA) is 6.02 Å². The molecule has 0 aromatic carbocycles. The van der Waals surface area contributed by atoms with Crippen LogP contribution in [0.4, 0.5) is 0 Å². The lowest BCUT2D eigenvalue weighted by atomic mass is 10.4. The van der Waals surface area contributed by atoms with Gasteiger partial charge in [-0.2, -0.15) is 0 Å². The van der Waals surface area contributed by atoms with E-state index in [4.69, 9.17) is 0 Å². The molecule has 0 bridgehead atoms. The van der Waals surface area contributed by atoms with Gasteiger partial charge in [-0.3, -0.25) is 0 Å². The summed E-state index contributed by atoms with van der Waals surface area (Å²) >= 11 is 0. The van der Waals surface area contributed by atoms with Gasteiger partial charge in [-0.25, -0.2) is 0 Å². The lowest BCUT2D eigenvalue weighted by Gasteiger charge is -1.99. The normalized spacial score (nSPS) is 26.7. The highest BCUT2D eigenvalue weighted by Crippen LogP contribution is 2.07. The maximum absolute atomic E-state index is 2.49. The van der Waals surface area contributed by atoms with Crippen LogP contribution in [0.2, 0.25) is 0 Å². The van der Waals surface area contributed by atoms with E-state index in [-0.39, 0.29) is 0 Å². The van der Waals surface area contributed by atoms with E-state index in [0.29, 0.717) is 0 Å². The molecule has 2 heterocycles. The fraction of sp³-hybridized carbons (Fsp3) is 1.00. The largest absolute Gasteiger partial charge is 0.301 e. The summed E-state index contributed by atoms with van der Waals surface area (Å²) in [5.41, 5.74) is 0. The minimum atomic E-state index is 1.34. The summed E-state index contributed by atoms with van der Waals surface area (Å²) < 4.78 is 0. The highest BCUT2D eigenvalue weighted by atomic mass is 15.3. The van der Waals surface area contributed by atoms with Crippen molar-refractivity contribution < 1.29 is 0 Å². The smallest absolute Gasteiger partial charge is 0.0110 e. The molecule has 0 aliphatic carbocycles. The Labute approximate surface area is 56.4 Å². The highest BCUT2D eigenvalue weighted by molar-refractivity contribution is 4.76. The quantitative estimate of drug-likeness (QED) is 0.489. The van der Waals surface area contributed by atoms with E-state index < -0.39 is 0 Å². The summed E-state index contributed by atoms with van der Waals surface area (Å²) in [6.07, 6.45) is 1.39. The first-order valence-electron chi connectivity index (χ1n) is 3.90. The maximum atomic E-state index is 2.49. The van der Waals surface area contributed by atoms with Crippen molar-refractivity contribution in [2.45, 2.75) is 6.42 Å². The number of rotatable bonds is 4. The van der Waals surface area contributed by atoms with Gasteiger partial charge in [-0.15, -0.1) is 0 Å². The summed E-state index contributed by atoms with van der Waals surface area (Å²) in [5.74, 6) is 0. The molecule has 0 aromatic rings. The second kappa shape index (κ2) is 2.27. The minimum absolute atomic E-state index is 1.34. The summed E-state index contributed by atoms with van der Waals surface area (Å²) in [4.78, 5) is 4.98. The van der Waals surface area contributed by atoms with Gasteiger partial charge >= 0.3 is 0 Å². The fourth-order valence-electron chi connectivity index (χ4n) is 1.11. The van der Waals surface area contributed by atoms with Crippen LogP contribution in [-0.4, -0.2) is 49.1 Å². The summed E-state index contributed by atoms with van der Waals surface area (Å²) in [7, 11) is 0. The Hall–Kier alpha value is -0.0800. The fourth-order valence-corrected chi connectivity index (χ4v) is 1.11. The lowest BCUT2D eigenvalue weighted by molar-refractivity contribution is 0.466. The van der Waals surface area contributed by atoms with Gasteiger partial charge in [0.05, 0.1) is 0 Å². The molecule has 52 valence electrons. The first-order chi connectivity index (χ1) is 4.45. The maximum Gasteiger partial charge on any atom is 0.0110 e. The van der Waals surface area contributed by atoms with Gasteiger partial charge in [-0.1, -0.05) is 0 Å². The Bertz CT molecular complexity index is 83.1. The molecule has 0 saturated carbocycles. The van der Waals surface area contributed by atoms with Crippen LogP contribution in [0.1, 0.15) is 6.42 Å². The number of nitrogens with zero attached hydrogens (tertiary/aromatic N) is 2. The predicted octanol–water partition coefficient (Wildman–Crippen LogP) is 0.00770. The van der Waals surface area contributed by atoms with E-state index in [2.05, 4.69) is 9.80 Å². The van der Waals surface area contributed by atoms with Crippen LogP contribution in [0, 0.1) is 0 Å². The molecule has 2 saturated heterocycles. The van der Waals surface area contributed by atoms with Crippen LogP contribution in [-0.2, 0) is 0 Å². The van der Waals surface area contributed by atoms with Crippen molar-refractivity contribution in [2.24, 2.45) is 0 Å². The SMILES string of the molecule is C(CN1CC1)CN1CC1. The Morgan fingerprint density at radius 3 is 1.56 bits per heavy atom. The van der Waals surface area contributed by atoms with Gasteiger partial charge in [-0.05, 0) is 19.5 Å². The summed E-state index contributed by atoms with van der Waals surface area (Å²) in [5, 5.41) is 0. The third kappa shape index (κ3) is 1.95. The average molecular weight is 126 g/mol. The Balaban J connectivity index is 1.46. The molecule has 2 heteroatoms. The monoisotopic (exact) mass is 126 g/mol. The van der Waals surface area contributed by atoms with Gasteiger partial charge in [0, 0.05) is 26.2 Å². The van der Waals surface area contributed by atoms with E-state index in [1.54, 1.807) is 0 Å². The van der Waals surface area contributed by atoms with Crippen molar-refractivity contribution in [2.75, 3.05) is 39.3 Å². The highest BCUT2D eigenvalue weighted by Gasteiger charge is 2.19. The molecule has 0 radical (unpaired) electrons. The Morgan fingerprint density at radius 1 is 0.778 bits per heavy atom. The van der Waals surface area contributed by atoms with E-state index in [1.807, 2.05) is 0 Å². The van der Waals surface area contributed by atoms with Crippen molar-refractivity contribution in [3.63, 3.8) is 0 Å². The van der Waals surface area contributed by atoms with Crippen molar-refractivity contribution in [1.82, 2.24) is 9.80 Å². The molecular weight excluding hydrogens is 112 g/mol. The van der Waals surface area contributed by atoms with E-state index in [1.165, 1.54) is 45.7 Å². The van der Waals surface area contributed by atoms with Crippen molar-refractivity contribution in [3.8, 4) is 0 Å². The van der Waals surface area contributed by atoms with Crippen LogP contribution in [0.5, 0.6) is 0 Å². The van der Waals surface area contributed by atoms with Crippen LogP contribution in [0.3, 0.4) is 0 Å². The first-order valence-corrected chi connectivity index (χ1v) is 3.90. The summed E-state index contributed by atoms with van der Waals surface area (Å²) in [6, 6.07) is 0. The van der Waals surface area contributed by atoms with Crippen LogP contribution >= 0.6 is 0 Å². The molecule has 2 rings (SSSR count). The third-order valence-corrected chi connectivity index (χ3v) is 2.03. The lowest BCUT2D eigenvalue weighted by Crippen LogP contribution is -2.06. The second-order valence-corrected chi connectivity index (χ2v) is 3.04. The molecule has 0 unspecified atom stereocenters. The van der Waals surface area contributed by atoms with Gasteiger partial charge in [0.1, 0.15) is 0 Å². The van der Waals surface area contributed by atoms with Crippen LogP contribution in [0.25, 0.3) is 0 Å². The van der Waals surface area contributed by atoms with Gasteiger partial charge in [0.2, 0.25) is 0 Å². The molecule has 2 fully saturated rings. The third-order valence-electron chi connectivity index (χ3n) is 2.03. The molecule has 9 heavy (non-hydrogen) atoms. The molecule has 0 aromatic heterocycles. The standard InChI is InChI=1S/C7H14N2/c1(2-8-4-5-8)3-9-6-7-9/h1-7H2. The zero-order valence-electron chi connectivity index (χ0n) is 5.84. The molecule has 0 amide bonds. The zero-order chi connectivity index (χ0) is 6.10. The average Bonchev–Trinajstić information content (AvgIpc) is 2.57. The molecule has 2 aliphatic heterocycles. The molecule has 0 N–H and O–H groups in total. The molecule has 2 aliphatic rings. The van der Waals surface area contributed by atoms with E-state index in [0.717, 1.165) is 0 Å². The van der Waals surface area contributed by atoms with E-state index in [9.17, 15) is 0 Å². The number of hydrogen-bond donors (Lipinski definition) is 0. The molecule has 2 nitrogen and oxygen atoms in total. The molecular formula is C7H14N2. The Morgan fingerprint density at radius 2 is 1.22 bits per heavy atom. The van der Waals surface area contributed by atoms with Gasteiger partial charge < -0.3 is 9.80 Å². The predicted molar refractivity (Wildman–Crippen MR) is 37.5 cm³/mol. The van der Waals surface area contributed by atoms with Crippen molar-refractivity contribution in [3.05, 3.63) is 0 Å². The van der Waals surface area contributed by atoms with Gasteiger partial charge in [0.25, 0.3) is 0 Å². The molecule has 0 atom stereocenters. The van der Waals surface area contributed by atoms with Crippen molar-refractivity contribution >= 4 is 0 Å². The minimum Gasteiger partial charge on any atom is -0.301 e. The van der Waals surface area contributed by atoms with Gasteiger partial charge in [0.15, 0.2) is 0 Å². The van der Waals surface area contributed by atoms with E-state index >= 15 is 0 Å².